The molecule has 2 fully saturated rings. The molecule has 0 saturated carbocycles. The molecular formula is C23H28N10O3. The molecule has 36 heavy (non-hydrogen) atoms. The van der Waals surface area contributed by atoms with E-state index in [0.29, 0.717) is 24.3 Å². The Morgan fingerprint density at radius 2 is 2.00 bits per heavy atom. The highest BCUT2D eigenvalue weighted by Crippen LogP contribution is 2.31. The first-order valence-corrected chi connectivity index (χ1v) is 11.9. The van der Waals surface area contributed by atoms with Gasteiger partial charge in [0.05, 0.1) is 12.9 Å². The molecule has 4 N–H and O–H groups in total. The number of nitrogen functional groups attached to an aromatic ring is 1. The number of hydrogen-bond donors (Lipinski definition) is 3. The SMILES string of the molecule is CCNC(=O)[C@@H]1CC(O)[C@H](n2cnc3c(N)nc(C#CCN4CCN(c5ncccn5)CC4)nc32)O1. The Balaban J connectivity index is 1.26. The number of nitrogens with one attached hydrogen (secondary N) is 1. The molecule has 0 spiro atoms. The average Bonchev–Trinajstić information content (AvgIpc) is 3.49. The second kappa shape index (κ2) is 10.4. The molecule has 13 heteroatoms. The summed E-state index contributed by atoms with van der Waals surface area (Å²) in [6.45, 7) is 6.19. The van der Waals surface area contributed by atoms with Gasteiger partial charge in [-0.25, -0.2) is 24.9 Å². The number of anilines is 2. The molecule has 5 heterocycles. The van der Waals surface area contributed by atoms with Crippen molar-refractivity contribution in [2.75, 3.05) is 49.9 Å². The lowest BCUT2D eigenvalue weighted by atomic mass is 10.2. The van der Waals surface area contributed by atoms with Crippen molar-refractivity contribution in [2.45, 2.75) is 31.8 Å². The van der Waals surface area contributed by atoms with Crippen LogP contribution in [0.1, 0.15) is 25.4 Å². The summed E-state index contributed by atoms with van der Waals surface area (Å²) in [5.74, 6) is 7.04. The fourth-order valence-electron chi connectivity index (χ4n) is 4.33. The highest BCUT2D eigenvalue weighted by Gasteiger charge is 2.39. The smallest absolute Gasteiger partial charge is 0.249 e. The summed E-state index contributed by atoms with van der Waals surface area (Å²) >= 11 is 0. The predicted molar refractivity (Wildman–Crippen MR) is 131 cm³/mol. The third kappa shape index (κ3) is 4.92. The van der Waals surface area contributed by atoms with E-state index >= 15 is 0 Å². The second-order valence-electron chi connectivity index (χ2n) is 8.58. The third-order valence-corrected chi connectivity index (χ3v) is 6.16. The molecule has 1 amide bonds. The van der Waals surface area contributed by atoms with E-state index in [1.54, 1.807) is 23.0 Å². The number of amides is 1. The Hall–Kier alpha value is -3.86. The number of fused-ring (bicyclic) bond motifs is 1. The maximum Gasteiger partial charge on any atom is 0.249 e. The molecule has 3 aromatic heterocycles. The van der Waals surface area contributed by atoms with Crippen molar-refractivity contribution in [3.63, 3.8) is 0 Å². The van der Waals surface area contributed by atoms with Gasteiger partial charge in [0.25, 0.3) is 0 Å². The van der Waals surface area contributed by atoms with Gasteiger partial charge in [0, 0.05) is 51.5 Å². The van der Waals surface area contributed by atoms with Crippen molar-refractivity contribution >= 4 is 28.8 Å². The summed E-state index contributed by atoms with van der Waals surface area (Å²) < 4.78 is 7.40. The fourth-order valence-corrected chi connectivity index (χ4v) is 4.33. The lowest BCUT2D eigenvalue weighted by Gasteiger charge is -2.33. The highest BCUT2D eigenvalue weighted by atomic mass is 16.5. The first kappa shape index (κ1) is 23.9. The number of nitrogens with two attached hydrogens (primary N) is 1. The summed E-state index contributed by atoms with van der Waals surface area (Å²) in [7, 11) is 0. The van der Waals surface area contributed by atoms with Gasteiger partial charge in [-0.15, -0.1) is 0 Å². The summed E-state index contributed by atoms with van der Waals surface area (Å²) in [6.07, 6.45) is 2.67. The maximum atomic E-state index is 12.2. The fraction of sp³-hybridized carbons (Fsp3) is 0.478. The van der Waals surface area contributed by atoms with Gasteiger partial charge in [0.15, 0.2) is 17.7 Å². The molecule has 2 aliphatic heterocycles. The van der Waals surface area contributed by atoms with E-state index in [0.717, 1.165) is 32.1 Å². The number of aliphatic hydroxyl groups excluding tert-OH is 1. The molecule has 188 valence electrons. The van der Waals surface area contributed by atoms with Crippen LogP contribution >= 0.6 is 0 Å². The zero-order valence-electron chi connectivity index (χ0n) is 19.9. The van der Waals surface area contributed by atoms with Crippen molar-refractivity contribution in [3.05, 3.63) is 30.6 Å². The zero-order valence-corrected chi connectivity index (χ0v) is 19.9. The van der Waals surface area contributed by atoms with Crippen LogP contribution < -0.4 is 16.0 Å². The van der Waals surface area contributed by atoms with Crippen LogP contribution in [0.4, 0.5) is 11.8 Å². The second-order valence-corrected chi connectivity index (χ2v) is 8.58. The van der Waals surface area contributed by atoms with Gasteiger partial charge in [0.1, 0.15) is 17.7 Å². The van der Waals surface area contributed by atoms with E-state index in [1.165, 1.54) is 6.33 Å². The topological polar surface area (TPSA) is 160 Å². The van der Waals surface area contributed by atoms with Crippen LogP contribution in [-0.2, 0) is 9.53 Å². The monoisotopic (exact) mass is 492 g/mol. The van der Waals surface area contributed by atoms with Crippen molar-refractivity contribution in [2.24, 2.45) is 0 Å². The van der Waals surface area contributed by atoms with Gasteiger partial charge < -0.3 is 25.8 Å². The van der Waals surface area contributed by atoms with Crippen LogP contribution in [0.25, 0.3) is 11.2 Å². The summed E-state index contributed by atoms with van der Waals surface area (Å²) in [4.78, 5) is 38.2. The van der Waals surface area contributed by atoms with E-state index in [-0.39, 0.29) is 24.0 Å². The first-order valence-electron chi connectivity index (χ1n) is 11.9. The quantitative estimate of drug-likeness (QED) is 0.381. The van der Waals surface area contributed by atoms with Crippen molar-refractivity contribution in [1.82, 2.24) is 39.7 Å². The van der Waals surface area contributed by atoms with Gasteiger partial charge in [-0.2, -0.15) is 0 Å². The number of piperazine rings is 1. The molecule has 0 aliphatic carbocycles. The molecule has 5 rings (SSSR count). The average molecular weight is 493 g/mol. The predicted octanol–water partition coefficient (Wildman–Crippen LogP) is -0.843. The number of likely N-dealkylation sites (N-methyl/N-ethyl adjacent to an activating group) is 1. The summed E-state index contributed by atoms with van der Waals surface area (Å²) in [6, 6.07) is 1.81. The molecule has 1 unspecified atom stereocenters. The third-order valence-electron chi connectivity index (χ3n) is 6.16. The Bertz CT molecular complexity index is 1280. The van der Waals surface area contributed by atoms with Gasteiger partial charge in [-0.3, -0.25) is 14.3 Å². The minimum atomic E-state index is -0.902. The molecular weight excluding hydrogens is 464 g/mol. The van der Waals surface area contributed by atoms with Crippen molar-refractivity contribution in [1.29, 1.82) is 0 Å². The van der Waals surface area contributed by atoms with Gasteiger partial charge in [-0.05, 0) is 18.9 Å². The maximum absolute atomic E-state index is 12.2. The number of carbonyl (C=O) groups excluding carboxylic acids is 1. The Labute approximate surface area is 207 Å². The number of aromatic nitrogens is 6. The van der Waals surface area contributed by atoms with Gasteiger partial charge in [-0.1, -0.05) is 5.92 Å². The van der Waals surface area contributed by atoms with E-state index in [4.69, 9.17) is 10.5 Å². The standard InChI is InChI=1S/C23H28N10O3/c1-2-25-21(35)16-13-15(34)22(36-16)33-14-28-18-19(24)29-17(30-20(18)33)5-3-8-31-9-11-32(12-10-31)23-26-6-4-7-27-23/h4,6-7,14-16,22,34H,2,8-13H2,1H3,(H,25,35)(H2,24,29,30)/t15?,16-,22+/m0/s1. The van der Waals surface area contributed by atoms with Crippen LogP contribution in [-0.4, -0.2) is 96.9 Å². The van der Waals surface area contributed by atoms with Crippen LogP contribution in [0.2, 0.25) is 0 Å². The molecule has 0 bridgehead atoms. The molecule has 0 aromatic carbocycles. The van der Waals surface area contributed by atoms with Crippen LogP contribution in [0.5, 0.6) is 0 Å². The molecule has 3 atom stereocenters. The number of rotatable bonds is 5. The molecule has 2 saturated heterocycles. The van der Waals surface area contributed by atoms with Crippen molar-refractivity contribution in [3.8, 4) is 11.8 Å². The molecule has 2 aliphatic rings. The number of aliphatic hydroxyl groups is 1. The number of imidazole rings is 1. The number of nitrogens with zero attached hydrogens (tertiary/aromatic N) is 8. The lowest BCUT2D eigenvalue weighted by molar-refractivity contribution is -0.134. The number of hydrogen-bond acceptors (Lipinski definition) is 11. The Kier molecular flexibility index (Phi) is 6.90. The van der Waals surface area contributed by atoms with E-state index < -0.39 is 18.4 Å². The minimum absolute atomic E-state index is 0.174. The van der Waals surface area contributed by atoms with E-state index in [1.807, 2.05) is 6.92 Å². The first-order chi connectivity index (χ1) is 17.5. The van der Waals surface area contributed by atoms with Gasteiger partial charge >= 0.3 is 0 Å². The highest BCUT2D eigenvalue weighted by molar-refractivity contribution is 5.82. The minimum Gasteiger partial charge on any atom is -0.388 e. The molecule has 0 radical (unpaired) electrons. The number of carbonyl (C=O) groups is 1. The van der Waals surface area contributed by atoms with Crippen LogP contribution in [0.15, 0.2) is 24.8 Å². The Morgan fingerprint density at radius 3 is 2.75 bits per heavy atom. The largest absolute Gasteiger partial charge is 0.388 e. The van der Waals surface area contributed by atoms with Crippen molar-refractivity contribution < 1.29 is 14.6 Å². The summed E-state index contributed by atoms with van der Waals surface area (Å²) in [5.41, 5.74) is 6.89. The van der Waals surface area contributed by atoms with Crippen LogP contribution in [0, 0.1) is 11.8 Å². The van der Waals surface area contributed by atoms with E-state index in [9.17, 15) is 9.90 Å². The lowest BCUT2D eigenvalue weighted by Crippen LogP contribution is -2.47. The normalized spacial score (nSPS) is 22.4. The zero-order chi connectivity index (χ0) is 25.1. The van der Waals surface area contributed by atoms with Crippen LogP contribution in [0.3, 0.4) is 0 Å². The van der Waals surface area contributed by atoms with E-state index in [2.05, 4.69) is 51.9 Å². The summed E-state index contributed by atoms with van der Waals surface area (Å²) in [5, 5.41) is 13.3. The molecule has 13 nitrogen and oxygen atoms in total. The Morgan fingerprint density at radius 1 is 1.22 bits per heavy atom. The number of ether oxygens (including phenoxy) is 1. The molecule has 3 aromatic rings. The van der Waals surface area contributed by atoms with Gasteiger partial charge in [0.2, 0.25) is 17.7 Å².